The zero-order chi connectivity index (χ0) is 13.5. The number of nitrogens with one attached hydrogen (secondary N) is 1. The largest absolute Gasteiger partial charge is 0.491 e. The summed E-state index contributed by atoms with van der Waals surface area (Å²) in [5.41, 5.74) is 2.79. The van der Waals surface area contributed by atoms with E-state index < -0.39 is 0 Å². The molecule has 0 fully saturated rings. The van der Waals surface area contributed by atoms with Crippen LogP contribution in [0.1, 0.15) is 30.0 Å². The molecule has 2 rings (SSSR count). The Bertz CT molecular complexity index is 395. The van der Waals surface area contributed by atoms with Gasteiger partial charge in [-0.2, -0.15) is 0 Å². The van der Waals surface area contributed by atoms with Crippen molar-refractivity contribution in [2.24, 2.45) is 0 Å². The van der Waals surface area contributed by atoms with Crippen LogP contribution in [0.15, 0.2) is 18.2 Å². The van der Waals surface area contributed by atoms with Crippen molar-refractivity contribution in [3.05, 3.63) is 29.3 Å². The molecule has 0 saturated carbocycles. The van der Waals surface area contributed by atoms with E-state index in [4.69, 9.17) is 14.6 Å². The highest BCUT2D eigenvalue weighted by Gasteiger charge is 2.19. The van der Waals surface area contributed by atoms with Crippen LogP contribution in [0.4, 0.5) is 0 Å². The molecule has 1 unspecified atom stereocenters. The number of fused-ring (bicyclic) bond motifs is 1. The van der Waals surface area contributed by atoms with E-state index in [1.807, 2.05) is 13.1 Å². The first-order valence-electron chi connectivity index (χ1n) is 6.96. The number of benzene rings is 1. The molecule has 0 heterocycles. The molecular formula is C15H23NO3. The van der Waals surface area contributed by atoms with Crippen molar-refractivity contribution in [2.75, 3.05) is 33.5 Å². The van der Waals surface area contributed by atoms with E-state index in [9.17, 15) is 0 Å². The number of hydrogen-bond donors (Lipinski definition) is 2. The van der Waals surface area contributed by atoms with Gasteiger partial charge < -0.3 is 19.9 Å². The minimum absolute atomic E-state index is 0.0582. The Kier molecular flexibility index (Phi) is 5.63. The fraction of sp³-hybridized carbons (Fsp3) is 0.600. The lowest BCUT2D eigenvalue weighted by Crippen LogP contribution is -2.21. The molecule has 1 atom stereocenters. The van der Waals surface area contributed by atoms with Gasteiger partial charge in [-0.1, -0.05) is 6.07 Å². The van der Waals surface area contributed by atoms with E-state index in [-0.39, 0.29) is 6.61 Å². The van der Waals surface area contributed by atoms with E-state index in [0.717, 1.165) is 12.2 Å². The standard InChI is InChI=1S/C15H23NO3/c1-16-15-4-2-3-12-5-6-13(11-14(12)15)19-10-9-18-8-7-17/h5-6,11,15-17H,2-4,7-10H2,1H3. The third-order valence-corrected chi connectivity index (χ3v) is 3.51. The second-order valence-electron chi connectivity index (χ2n) is 4.78. The fourth-order valence-corrected chi connectivity index (χ4v) is 2.55. The van der Waals surface area contributed by atoms with Gasteiger partial charge in [-0.3, -0.25) is 0 Å². The van der Waals surface area contributed by atoms with Crippen molar-refractivity contribution in [1.29, 1.82) is 0 Å². The van der Waals surface area contributed by atoms with E-state index in [0.29, 0.717) is 25.9 Å². The topological polar surface area (TPSA) is 50.7 Å². The average Bonchev–Trinajstić information content (AvgIpc) is 2.46. The van der Waals surface area contributed by atoms with Gasteiger partial charge in [0.15, 0.2) is 0 Å². The Morgan fingerprint density at radius 2 is 2.21 bits per heavy atom. The highest BCUT2D eigenvalue weighted by Crippen LogP contribution is 2.32. The second kappa shape index (κ2) is 7.48. The van der Waals surface area contributed by atoms with Gasteiger partial charge in [-0.25, -0.2) is 0 Å². The number of aryl methyl sites for hydroxylation is 1. The van der Waals surface area contributed by atoms with Gasteiger partial charge >= 0.3 is 0 Å². The molecule has 0 aliphatic heterocycles. The van der Waals surface area contributed by atoms with E-state index >= 15 is 0 Å². The van der Waals surface area contributed by atoms with Crippen molar-refractivity contribution < 1.29 is 14.6 Å². The molecule has 1 aliphatic rings. The number of ether oxygens (including phenoxy) is 2. The van der Waals surface area contributed by atoms with Gasteiger partial charge in [0.25, 0.3) is 0 Å². The van der Waals surface area contributed by atoms with Crippen LogP contribution in [-0.4, -0.2) is 38.6 Å². The predicted molar refractivity (Wildman–Crippen MR) is 74.6 cm³/mol. The summed E-state index contributed by atoms with van der Waals surface area (Å²) in [6.45, 7) is 1.45. The van der Waals surface area contributed by atoms with Gasteiger partial charge in [0.2, 0.25) is 0 Å². The molecule has 1 aliphatic carbocycles. The maximum Gasteiger partial charge on any atom is 0.119 e. The number of rotatable bonds is 7. The molecule has 1 aromatic rings. The van der Waals surface area contributed by atoms with Crippen LogP contribution in [-0.2, 0) is 11.2 Å². The first kappa shape index (κ1) is 14.3. The minimum Gasteiger partial charge on any atom is -0.491 e. The Balaban J connectivity index is 1.92. The van der Waals surface area contributed by atoms with Crippen molar-refractivity contribution in [1.82, 2.24) is 5.32 Å². The third kappa shape index (κ3) is 3.93. The summed E-state index contributed by atoms with van der Waals surface area (Å²) in [6.07, 6.45) is 3.59. The summed E-state index contributed by atoms with van der Waals surface area (Å²) >= 11 is 0. The van der Waals surface area contributed by atoms with Gasteiger partial charge in [-0.05, 0) is 49.6 Å². The molecular weight excluding hydrogens is 242 g/mol. The molecule has 19 heavy (non-hydrogen) atoms. The Labute approximate surface area is 114 Å². The smallest absolute Gasteiger partial charge is 0.119 e. The van der Waals surface area contributed by atoms with E-state index in [1.54, 1.807) is 0 Å². The second-order valence-corrected chi connectivity index (χ2v) is 4.78. The quantitative estimate of drug-likeness (QED) is 0.736. The molecule has 0 aromatic heterocycles. The predicted octanol–water partition coefficient (Wildman–Crippen LogP) is 1.67. The molecule has 4 nitrogen and oxygen atoms in total. The van der Waals surface area contributed by atoms with Crippen molar-refractivity contribution in [3.8, 4) is 5.75 Å². The molecule has 0 bridgehead atoms. The minimum atomic E-state index is 0.0582. The SMILES string of the molecule is CNC1CCCc2ccc(OCCOCCO)cc21. The molecule has 0 amide bonds. The van der Waals surface area contributed by atoms with Crippen LogP contribution >= 0.6 is 0 Å². The highest BCUT2D eigenvalue weighted by molar-refractivity contribution is 5.39. The Hall–Kier alpha value is -1.10. The molecule has 0 spiro atoms. The zero-order valence-corrected chi connectivity index (χ0v) is 11.5. The summed E-state index contributed by atoms with van der Waals surface area (Å²) in [5.74, 6) is 0.897. The number of hydrogen-bond acceptors (Lipinski definition) is 4. The van der Waals surface area contributed by atoms with Crippen LogP contribution < -0.4 is 10.1 Å². The number of aliphatic hydroxyl groups excluding tert-OH is 1. The van der Waals surface area contributed by atoms with E-state index in [2.05, 4.69) is 17.4 Å². The highest BCUT2D eigenvalue weighted by atomic mass is 16.5. The molecule has 4 heteroatoms. The van der Waals surface area contributed by atoms with Crippen LogP contribution in [0.5, 0.6) is 5.75 Å². The first-order valence-corrected chi connectivity index (χ1v) is 6.96. The zero-order valence-electron chi connectivity index (χ0n) is 11.5. The number of aliphatic hydroxyl groups is 1. The lowest BCUT2D eigenvalue weighted by atomic mass is 9.87. The fourth-order valence-electron chi connectivity index (χ4n) is 2.55. The molecule has 1 aromatic carbocycles. The van der Waals surface area contributed by atoms with Crippen molar-refractivity contribution in [3.63, 3.8) is 0 Å². The lowest BCUT2D eigenvalue weighted by Gasteiger charge is -2.25. The van der Waals surface area contributed by atoms with Crippen LogP contribution in [0.25, 0.3) is 0 Å². The van der Waals surface area contributed by atoms with Crippen molar-refractivity contribution in [2.45, 2.75) is 25.3 Å². The molecule has 0 radical (unpaired) electrons. The van der Waals surface area contributed by atoms with Crippen LogP contribution in [0, 0.1) is 0 Å². The molecule has 106 valence electrons. The maximum atomic E-state index is 8.60. The van der Waals surface area contributed by atoms with Gasteiger partial charge in [-0.15, -0.1) is 0 Å². The first-order chi connectivity index (χ1) is 9.35. The average molecular weight is 265 g/mol. The van der Waals surface area contributed by atoms with Gasteiger partial charge in [0.1, 0.15) is 12.4 Å². The monoisotopic (exact) mass is 265 g/mol. The molecule has 2 N–H and O–H groups in total. The summed E-state index contributed by atoms with van der Waals surface area (Å²) in [7, 11) is 2.01. The van der Waals surface area contributed by atoms with E-state index in [1.165, 1.54) is 24.0 Å². The molecule has 0 saturated heterocycles. The normalized spacial score (nSPS) is 18.1. The summed E-state index contributed by atoms with van der Waals surface area (Å²) in [5, 5.41) is 12.0. The lowest BCUT2D eigenvalue weighted by molar-refractivity contribution is 0.0705. The van der Waals surface area contributed by atoms with Crippen LogP contribution in [0.2, 0.25) is 0 Å². The summed E-state index contributed by atoms with van der Waals surface area (Å²) in [6, 6.07) is 6.78. The third-order valence-electron chi connectivity index (χ3n) is 3.51. The Morgan fingerprint density at radius 3 is 3.00 bits per heavy atom. The van der Waals surface area contributed by atoms with Gasteiger partial charge in [0.05, 0.1) is 19.8 Å². The van der Waals surface area contributed by atoms with Crippen molar-refractivity contribution >= 4 is 0 Å². The Morgan fingerprint density at radius 1 is 1.32 bits per heavy atom. The van der Waals surface area contributed by atoms with Crippen LogP contribution in [0.3, 0.4) is 0 Å². The summed E-state index contributed by atoms with van der Waals surface area (Å²) in [4.78, 5) is 0. The summed E-state index contributed by atoms with van der Waals surface area (Å²) < 4.78 is 10.8. The maximum absolute atomic E-state index is 8.60. The van der Waals surface area contributed by atoms with Gasteiger partial charge in [0, 0.05) is 6.04 Å².